The van der Waals surface area contributed by atoms with Gasteiger partial charge in [0.15, 0.2) is 10.7 Å². The standard InChI is InChI=1S/C2H6N2.2HNO2.Ni/c3-1-2-4;2*2-1-3;/h3-4H,1-2H2;2*1H;/q-2;;;+2/p+2. The molecule has 11 heavy (non-hydrogen) atoms. The van der Waals surface area contributed by atoms with Gasteiger partial charge in [-0.3, -0.25) is 0 Å². The van der Waals surface area contributed by atoms with Crippen LogP contribution in [-0.4, -0.2) is 23.5 Å². The fourth-order valence-corrected chi connectivity index (χ4v) is 0. The molecule has 0 radical (unpaired) electrons. The molecule has 0 saturated heterocycles. The summed E-state index contributed by atoms with van der Waals surface area (Å²) in [4.78, 5) is 16.5. The van der Waals surface area contributed by atoms with Gasteiger partial charge in [-0.15, -0.1) is 0 Å². The van der Waals surface area contributed by atoms with E-state index in [0.717, 1.165) is 0 Å². The molecule has 0 atom stereocenters. The average molecular weight is 213 g/mol. The van der Waals surface area contributed by atoms with E-state index in [1.54, 1.807) is 0 Å². The first-order chi connectivity index (χ1) is 4.74. The Morgan fingerprint density at radius 2 is 1.09 bits per heavy atom. The first kappa shape index (κ1) is 22.5. The van der Waals surface area contributed by atoms with E-state index >= 15 is 0 Å². The minimum absolute atomic E-state index is 0. The first-order valence-corrected chi connectivity index (χ1v) is 2.06. The van der Waals surface area contributed by atoms with Crippen molar-refractivity contribution in [2.24, 2.45) is 0 Å². The number of nitrogens with one attached hydrogen (secondary N) is 4. The van der Waals surface area contributed by atoms with E-state index in [-0.39, 0.29) is 29.6 Å². The maximum atomic E-state index is 8.24. The van der Waals surface area contributed by atoms with Crippen molar-refractivity contribution in [1.82, 2.24) is 0 Å². The Hall–Kier alpha value is -0.786. The minimum atomic E-state index is 0. The fraction of sp³-hybridized carbons (Fsp3) is 1.00. The van der Waals surface area contributed by atoms with Crippen LogP contribution >= 0.6 is 0 Å². The quantitative estimate of drug-likeness (QED) is 0.281. The number of hydrogen-bond donors (Lipinski definition) is 4. The van der Waals surface area contributed by atoms with Crippen molar-refractivity contribution in [2.75, 3.05) is 13.1 Å². The Bertz CT molecular complexity index is 56.1. The maximum absolute atomic E-state index is 8.24. The molecule has 0 spiro atoms. The smallest absolute Gasteiger partial charge is 0.679 e. The number of hydrogen-bond acceptors (Lipinski definition) is 2. The fourth-order valence-electron chi connectivity index (χ4n) is 0. The Morgan fingerprint density at radius 1 is 1.00 bits per heavy atom. The summed E-state index contributed by atoms with van der Waals surface area (Å²) in [7, 11) is 0. The van der Waals surface area contributed by atoms with Gasteiger partial charge >= 0.3 is 16.5 Å². The van der Waals surface area contributed by atoms with Crippen molar-refractivity contribution >= 4 is 0 Å². The molecule has 0 amide bonds. The van der Waals surface area contributed by atoms with E-state index in [2.05, 4.69) is 0 Å². The normalized spacial score (nSPS) is 4.91. The van der Waals surface area contributed by atoms with Crippen molar-refractivity contribution in [3.63, 3.8) is 0 Å². The van der Waals surface area contributed by atoms with Gasteiger partial charge < -0.3 is 11.5 Å². The second kappa shape index (κ2) is 60.2. The monoisotopic (exact) mass is 212 g/mol. The van der Waals surface area contributed by atoms with E-state index in [1.807, 2.05) is 0 Å². The van der Waals surface area contributed by atoms with Crippen LogP contribution in [0.4, 0.5) is 0 Å². The summed E-state index contributed by atoms with van der Waals surface area (Å²) < 4.78 is 0. The molecule has 9 heteroatoms. The van der Waals surface area contributed by atoms with E-state index in [4.69, 9.17) is 31.7 Å². The molecule has 6 N–H and O–H groups in total. The molecular formula is C2H10N4NiO4+2. The molecule has 0 aliphatic rings. The predicted octanol–water partition coefficient (Wildman–Crippen LogP) is -2.47. The molecular weight excluding hydrogens is 203 g/mol. The molecule has 0 aliphatic carbocycles. The SMILES string of the molecule is O=[NH+]O.O=[NH+]O.[NH-]CC[NH-].[Ni+2]. The predicted molar refractivity (Wildman–Crippen MR) is 30.6 cm³/mol. The van der Waals surface area contributed by atoms with Crippen molar-refractivity contribution in [3.8, 4) is 0 Å². The first-order valence-electron chi connectivity index (χ1n) is 2.06. The Kier molecular flexibility index (Phi) is 123. The number of rotatable bonds is 1. The largest absolute Gasteiger partial charge is 2.00 e. The molecule has 8 nitrogen and oxygen atoms in total. The van der Waals surface area contributed by atoms with Gasteiger partial charge in [-0.25, -0.2) is 10.4 Å². The molecule has 70 valence electrons. The summed E-state index contributed by atoms with van der Waals surface area (Å²) in [5, 5.41) is 14.5. The molecule has 0 bridgehead atoms. The van der Waals surface area contributed by atoms with Crippen LogP contribution in [0.15, 0.2) is 0 Å². The van der Waals surface area contributed by atoms with Crippen LogP contribution in [-0.2, 0) is 16.5 Å². The topological polar surface area (TPSA) is 150 Å². The van der Waals surface area contributed by atoms with E-state index < -0.39 is 0 Å². The van der Waals surface area contributed by atoms with Gasteiger partial charge in [-0.05, 0) is 0 Å². The summed E-state index contributed by atoms with van der Waals surface area (Å²) in [6, 6.07) is 0. The summed E-state index contributed by atoms with van der Waals surface area (Å²) in [5.74, 6) is 0. The zero-order valence-corrected chi connectivity index (χ0v) is 6.43. The average Bonchev–Trinajstić information content (AvgIpc) is 1.91. The van der Waals surface area contributed by atoms with Crippen LogP contribution in [0.3, 0.4) is 0 Å². The zero-order chi connectivity index (χ0) is 8.83. The van der Waals surface area contributed by atoms with Crippen LogP contribution in [0, 0.1) is 9.81 Å². The summed E-state index contributed by atoms with van der Waals surface area (Å²) >= 11 is 0. The Labute approximate surface area is 72.7 Å². The maximum Gasteiger partial charge on any atom is 2.00 e. The molecule has 0 saturated carbocycles. The molecule has 0 heterocycles. The second-order valence-electron chi connectivity index (χ2n) is 0.683. The van der Waals surface area contributed by atoms with E-state index in [0.29, 0.717) is 10.7 Å². The molecule has 0 aliphatic heterocycles. The van der Waals surface area contributed by atoms with Crippen LogP contribution in [0.1, 0.15) is 0 Å². The van der Waals surface area contributed by atoms with Crippen molar-refractivity contribution < 1.29 is 37.6 Å². The van der Waals surface area contributed by atoms with Gasteiger partial charge in [0.25, 0.3) is 0 Å². The second-order valence-corrected chi connectivity index (χ2v) is 0.683. The van der Waals surface area contributed by atoms with Crippen LogP contribution in [0.25, 0.3) is 11.5 Å². The molecule has 0 fully saturated rings. The molecule has 0 aromatic heterocycles. The van der Waals surface area contributed by atoms with Gasteiger partial charge in [0.05, 0.1) is 9.81 Å². The minimum Gasteiger partial charge on any atom is -0.679 e. The van der Waals surface area contributed by atoms with Gasteiger partial charge in [0.2, 0.25) is 0 Å². The third-order valence-electron chi connectivity index (χ3n) is 0.125. The van der Waals surface area contributed by atoms with Crippen molar-refractivity contribution in [2.45, 2.75) is 0 Å². The van der Waals surface area contributed by atoms with E-state index in [1.165, 1.54) is 0 Å². The molecule has 0 unspecified atom stereocenters. The molecule has 0 aromatic rings. The Balaban J connectivity index is -0.0000000325. The van der Waals surface area contributed by atoms with Gasteiger partial charge in [-0.1, -0.05) is 0 Å². The third kappa shape index (κ3) is 10500. The van der Waals surface area contributed by atoms with Gasteiger partial charge in [-0.2, -0.15) is 13.1 Å². The summed E-state index contributed by atoms with van der Waals surface area (Å²) in [6.45, 7) is 0.472. The van der Waals surface area contributed by atoms with Gasteiger partial charge in [0.1, 0.15) is 0 Å². The van der Waals surface area contributed by atoms with Crippen molar-refractivity contribution in [3.05, 3.63) is 21.3 Å². The molecule has 0 rings (SSSR count). The summed E-state index contributed by atoms with van der Waals surface area (Å²) in [5.41, 5.74) is 12.5. The third-order valence-corrected chi connectivity index (χ3v) is 0.125. The van der Waals surface area contributed by atoms with Gasteiger partial charge in [0, 0.05) is 0 Å². The van der Waals surface area contributed by atoms with Crippen LogP contribution < -0.4 is 10.7 Å². The van der Waals surface area contributed by atoms with Crippen LogP contribution in [0.5, 0.6) is 0 Å². The van der Waals surface area contributed by atoms with Crippen molar-refractivity contribution in [1.29, 1.82) is 0 Å². The van der Waals surface area contributed by atoms with Crippen LogP contribution in [0.2, 0.25) is 0 Å². The summed E-state index contributed by atoms with van der Waals surface area (Å²) in [6.07, 6.45) is 0. The van der Waals surface area contributed by atoms with E-state index in [9.17, 15) is 0 Å². The molecule has 0 aromatic carbocycles. The zero-order valence-electron chi connectivity index (χ0n) is 5.44. The Morgan fingerprint density at radius 3 is 1.09 bits per heavy atom.